The van der Waals surface area contributed by atoms with Crippen LogP contribution in [0.2, 0.25) is 0 Å². The molecule has 0 aliphatic heterocycles. The number of aromatic nitrogens is 1. The van der Waals surface area contributed by atoms with Gasteiger partial charge in [0.15, 0.2) is 5.58 Å². The monoisotopic (exact) mass is 624 g/mol. The smallest absolute Gasteiger partial charge is 0.259 e. The van der Waals surface area contributed by atoms with Gasteiger partial charge in [-0.3, -0.25) is 4.79 Å². The van der Waals surface area contributed by atoms with Crippen molar-refractivity contribution in [3.63, 3.8) is 0 Å². The summed E-state index contributed by atoms with van der Waals surface area (Å²) >= 11 is 4.14. The van der Waals surface area contributed by atoms with E-state index in [-0.39, 0.29) is 17.2 Å². The highest BCUT2D eigenvalue weighted by Gasteiger charge is 2.18. The highest BCUT2D eigenvalue weighted by Crippen LogP contribution is 2.34. The van der Waals surface area contributed by atoms with Crippen LogP contribution < -0.4 is 5.32 Å². The van der Waals surface area contributed by atoms with Crippen LogP contribution in [0.5, 0.6) is 5.75 Å². The van der Waals surface area contributed by atoms with Crippen LogP contribution in [0.25, 0.3) is 22.2 Å². The van der Waals surface area contributed by atoms with Crippen molar-refractivity contribution >= 4 is 67.7 Å². The molecule has 0 fully saturated rings. The standard InChI is InChI=1S/C23H18I2N2O3/c1-11-4-5-15(12(2)6-11)21-16-7-13(3)19(10-20(16)30-27-21)26-23(29)17-8-14(24)9-18(25)22(17)28/h4-10,28H,1-3H3,(H,26,29). The van der Waals surface area contributed by atoms with Crippen LogP contribution in [0.3, 0.4) is 0 Å². The van der Waals surface area contributed by atoms with E-state index in [9.17, 15) is 9.90 Å². The lowest BCUT2D eigenvalue weighted by Gasteiger charge is -2.11. The molecule has 0 atom stereocenters. The van der Waals surface area contributed by atoms with Gasteiger partial charge >= 0.3 is 0 Å². The first-order valence-corrected chi connectivity index (χ1v) is 11.4. The summed E-state index contributed by atoms with van der Waals surface area (Å²) < 4.78 is 7.09. The number of nitrogens with zero attached hydrogens (tertiary/aromatic N) is 1. The molecule has 30 heavy (non-hydrogen) atoms. The third-order valence-electron chi connectivity index (χ3n) is 4.98. The second kappa shape index (κ2) is 8.18. The number of halogens is 2. The molecule has 0 aliphatic carbocycles. The van der Waals surface area contributed by atoms with Crippen LogP contribution in [0.4, 0.5) is 5.69 Å². The average Bonchev–Trinajstić information content (AvgIpc) is 3.07. The Kier molecular flexibility index (Phi) is 5.75. The minimum Gasteiger partial charge on any atom is -0.506 e. The Morgan fingerprint density at radius 2 is 1.80 bits per heavy atom. The average molecular weight is 624 g/mol. The van der Waals surface area contributed by atoms with Crippen LogP contribution in [0.15, 0.2) is 47.0 Å². The first kappa shape index (κ1) is 21.1. The van der Waals surface area contributed by atoms with Crippen LogP contribution in [-0.4, -0.2) is 16.2 Å². The number of fused-ring (bicyclic) bond motifs is 1. The quantitative estimate of drug-likeness (QED) is 0.253. The van der Waals surface area contributed by atoms with E-state index in [4.69, 9.17) is 4.52 Å². The van der Waals surface area contributed by atoms with Gasteiger partial charge in [-0.15, -0.1) is 0 Å². The molecule has 3 aromatic carbocycles. The maximum absolute atomic E-state index is 12.8. The molecule has 152 valence electrons. The van der Waals surface area contributed by atoms with Gasteiger partial charge in [0.2, 0.25) is 0 Å². The maximum Gasteiger partial charge on any atom is 0.259 e. The van der Waals surface area contributed by atoms with Crippen LogP contribution in [-0.2, 0) is 0 Å². The predicted octanol–water partition coefficient (Wildman–Crippen LogP) is 6.59. The van der Waals surface area contributed by atoms with E-state index in [2.05, 4.69) is 59.0 Å². The molecule has 2 N–H and O–H groups in total. The number of aromatic hydroxyl groups is 1. The van der Waals surface area contributed by atoms with Gasteiger partial charge < -0.3 is 14.9 Å². The Hall–Kier alpha value is -2.14. The Labute approximate surface area is 201 Å². The second-order valence-corrected chi connectivity index (χ2v) is 9.66. The number of hydrogen-bond donors (Lipinski definition) is 2. The summed E-state index contributed by atoms with van der Waals surface area (Å²) in [6.07, 6.45) is 0. The highest BCUT2D eigenvalue weighted by molar-refractivity contribution is 14.1. The van der Waals surface area contributed by atoms with Gasteiger partial charge in [0.05, 0.1) is 14.5 Å². The van der Waals surface area contributed by atoms with E-state index in [0.29, 0.717) is 14.8 Å². The molecule has 0 saturated heterocycles. The number of nitrogens with one attached hydrogen (secondary N) is 1. The summed E-state index contributed by atoms with van der Waals surface area (Å²) in [5.74, 6) is -0.399. The Balaban J connectivity index is 1.72. The summed E-state index contributed by atoms with van der Waals surface area (Å²) in [6, 6.07) is 13.4. The molecule has 0 aliphatic rings. The highest BCUT2D eigenvalue weighted by atomic mass is 127. The van der Waals surface area contributed by atoms with Gasteiger partial charge in [0.1, 0.15) is 11.4 Å². The SMILES string of the molecule is Cc1ccc(-c2noc3cc(NC(=O)c4cc(I)cc(I)c4O)c(C)cc23)c(C)c1. The molecule has 0 bridgehead atoms. The minimum atomic E-state index is -0.375. The molecule has 7 heteroatoms. The zero-order valence-corrected chi connectivity index (χ0v) is 20.8. The first-order chi connectivity index (χ1) is 14.2. The summed E-state index contributed by atoms with van der Waals surface area (Å²) in [5.41, 5.74) is 6.45. The second-order valence-electron chi connectivity index (χ2n) is 7.25. The van der Waals surface area contributed by atoms with E-state index in [1.165, 1.54) is 5.56 Å². The zero-order valence-electron chi connectivity index (χ0n) is 16.5. The molecule has 0 unspecified atom stereocenters. The molecule has 1 amide bonds. The van der Waals surface area contributed by atoms with E-state index in [1.807, 2.05) is 47.7 Å². The Bertz CT molecular complexity index is 1310. The summed E-state index contributed by atoms with van der Waals surface area (Å²) in [7, 11) is 0. The normalized spacial score (nSPS) is 11.1. The number of carbonyl (C=O) groups excluding carboxylic acids is 1. The first-order valence-electron chi connectivity index (χ1n) is 9.21. The van der Waals surface area contributed by atoms with Gasteiger partial charge in [-0.1, -0.05) is 28.9 Å². The number of phenols is 1. The van der Waals surface area contributed by atoms with Crippen LogP contribution >= 0.6 is 45.2 Å². The lowest BCUT2D eigenvalue weighted by Crippen LogP contribution is -2.13. The fourth-order valence-electron chi connectivity index (χ4n) is 3.43. The molecule has 0 saturated carbocycles. The molecule has 0 spiro atoms. The number of rotatable bonds is 3. The van der Waals surface area contributed by atoms with Gasteiger partial charge in [0, 0.05) is 20.9 Å². The number of amides is 1. The van der Waals surface area contributed by atoms with Crippen molar-refractivity contribution in [3.05, 3.63) is 71.9 Å². The van der Waals surface area contributed by atoms with E-state index >= 15 is 0 Å². The molecule has 1 heterocycles. The van der Waals surface area contributed by atoms with Gasteiger partial charge in [-0.05, 0) is 95.3 Å². The minimum absolute atomic E-state index is 0.0240. The van der Waals surface area contributed by atoms with Crippen molar-refractivity contribution in [2.45, 2.75) is 20.8 Å². The lowest BCUT2D eigenvalue weighted by atomic mass is 9.99. The molecular weight excluding hydrogens is 606 g/mol. The van der Waals surface area contributed by atoms with Crippen molar-refractivity contribution in [1.29, 1.82) is 0 Å². The third-order valence-corrected chi connectivity index (χ3v) is 6.42. The number of hydrogen-bond acceptors (Lipinski definition) is 4. The van der Waals surface area contributed by atoms with Crippen molar-refractivity contribution < 1.29 is 14.4 Å². The largest absolute Gasteiger partial charge is 0.506 e. The number of anilines is 1. The Morgan fingerprint density at radius 1 is 1.03 bits per heavy atom. The molecule has 4 aromatic rings. The number of benzene rings is 3. The van der Waals surface area contributed by atoms with Crippen molar-refractivity contribution in [2.24, 2.45) is 0 Å². The number of carbonyl (C=O) groups is 1. The van der Waals surface area contributed by atoms with Gasteiger partial charge in [-0.25, -0.2) is 0 Å². The van der Waals surface area contributed by atoms with E-state index in [1.54, 1.807) is 12.1 Å². The van der Waals surface area contributed by atoms with Crippen molar-refractivity contribution in [1.82, 2.24) is 5.16 Å². The van der Waals surface area contributed by atoms with Crippen molar-refractivity contribution in [3.8, 4) is 17.0 Å². The molecular formula is C23H18I2N2O3. The van der Waals surface area contributed by atoms with Crippen LogP contribution in [0, 0.1) is 27.9 Å². The lowest BCUT2D eigenvalue weighted by molar-refractivity contribution is 0.102. The summed E-state index contributed by atoms with van der Waals surface area (Å²) in [5, 5.41) is 18.4. The summed E-state index contributed by atoms with van der Waals surface area (Å²) in [4.78, 5) is 12.8. The van der Waals surface area contributed by atoms with E-state index in [0.717, 1.165) is 31.3 Å². The molecule has 4 rings (SSSR count). The molecule has 5 nitrogen and oxygen atoms in total. The van der Waals surface area contributed by atoms with Gasteiger partial charge in [-0.2, -0.15) is 0 Å². The summed E-state index contributed by atoms with van der Waals surface area (Å²) in [6.45, 7) is 6.04. The molecule has 0 radical (unpaired) electrons. The molecule has 1 aromatic heterocycles. The van der Waals surface area contributed by atoms with Crippen LogP contribution in [0.1, 0.15) is 27.0 Å². The van der Waals surface area contributed by atoms with E-state index < -0.39 is 0 Å². The maximum atomic E-state index is 12.8. The number of aryl methyl sites for hydroxylation is 3. The van der Waals surface area contributed by atoms with Gasteiger partial charge in [0.25, 0.3) is 5.91 Å². The third kappa shape index (κ3) is 3.92. The fourth-order valence-corrected chi connectivity index (χ4v) is 5.27. The van der Waals surface area contributed by atoms with Crippen molar-refractivity contribution in [2.75, 3.05) is 5.32 Å². The topological polar surface area (TPSA) is 75.4 Å². The Morgan fingerprint density at radius 3 is 2.53 bits per heavy atom. The zero-order chi connectivity index (χ0) is 21.6. The number of phenolic OH excluding ortho intramolecular Hbond substituents is 1. The fraction of sp³-hybridized carbons (Fsp3) is 0.130. The predicted molar refractivity (Wildman–Crippen MR) is 135 cm³/mol.